The van der Waals surface area contributed by atoms with E-state index in [2.05, 4.69) is 31.1 Å². The zero-order valence-corrected chi connectivity index (χ0v) is 11.5. The number of benzene rings is 1. The lowest BCUT2D eigenvalue weighted by atomic mass is 10.2. The SMILES string of the molecule is N/C(=N/O)c1ccc(Sc2ncccn2)cc1Br. The van der Waals surface area contributed by atoms with Gasteiger partial charge < -0.3 is 10.9 Å². The van der Waals surface area contributed by atoms with Crippen LogP contribution in [-0.4, -0.2) is 21.0 Å². The largest absolute Gasteiger partial charge is 0.409 e. The third-order valence-corrected chi connectivity index (χ3v) is 3.61. The van der Waals surface area contributed by atoms with Gasteiger partial charge in [0.2, 0.25) is 0 Å². The van der Waals surface area contributed by atoms with Crippen LogP contribution in [0.25, 0.3) is 0 Å². The molecule has 0 saturated heterocycles. The lowest BCUT2D eigenvalue weighted by Gasteiger charge is -2.05. The average Bonchev–Trinajstić information content (AvgIpc) is 2.39. The Kier molecular flexibility index (Phi) is 4.16. The first-order valence-corrected chi connectivity index (χ1v) is 6.54. The van der Waals surface area contributed by atoms with Gasteiger partial charge in [0, 0.05) is 27.3 Å². The van der Waals surface area contributed by atoms with Crippen molar-refractivity contribution in [2.24, 2.45) is 10.9 Å². The van der Waals surface area contributed by atoms with Crippen molar-refractivity contribution in [1.82, 2.24) is 9.97 Å². The molecule has 0 saturated carbocycles. The predicted molar refractivity (Wildman–Crippen MR) is 72.8 cm³/mol. The molecule has 0 aliphatic rings. The van der Waals surface area contributed by atoms with Crippen LogP contribution in [-0.2, 0) is 0 Å². The van der Waals surface area contributed by atoms with Crippen LogP contribution in [0.5, 0.6) is 0 Å². The molecule has 0 spiro atoms. The van der Waals surface area contributed by atoms with Crippen LogP contribution >= 0.6 is 27.7 Å². The quantitative estimate of drug-likeness (QED) is 0.298. The highest BCUT2D eigenvalue weighted by atomic mass is 79.9. The highest BCUT2D eigenvalue weighted by molar-refractivity contribution is 9.10. The zero-order chi connectivity index (χ0) is 13.0. The number of nitrogens with two attached hydrogens (primary N) is 1. The Bertz CT molecular complexity index is 577. The first-order chi connectivity index (χ1) is 8.70. The molecule has 1 heterocycles. The second-order valence-corrected chi connectivity index (χ2v) is 5.16. The van der Waals surface area contributed by atoms with Crippen molar-refractivity contribution in [3.63, 3.8) is 0 Å². The molecule has 0 aliphatic carbocycles. The number of halogens is 1. The molecule has 0 amide bonds. The van der Waals surface area contributed by atoms with E-state index in [0.717, 1.165) is 9.37 Å². The maximum absolute atomic E-state index is 8.63. The Balaban J connectivity index is 2.25. The van der Waals surface area contributed by atoms with Gasteiger partial charge >= 0.3 is 0 Å². The topological polar surface area (TPSA) is 84.4 Å². The van der Waals surface area contributed by atoms with E-state index in [1.807, 2.05) is 12.1 Å². The van der Waals surface area contributed by atoms with Crippen LogP contribution in [0.15, 0.2) is 56.3 Å². The lowest BCUT2D eigenvalue weighted by molar-refractivity contribution is 0.318. The molecule has 1 aromatic carbocycles. The van der Waals surface area contributed by atoms with Gasteiger partial charge in [-0.1, -0.05) is 5.16 Å². The highest BCUT2D eigenvalue weighted by Crippen LogP contribution is 2.28. The van der Waals surface area contributed by atoms with Gasteiger partial charge in [0.15, 0.2) is 11.0 Å². The zero-order valence-electron chi connectivity index (χ0n) is 9.12. The van der Waals surface area contributed by atoms with E-state index in [1.54, 1.807) is 24.5 Å². The van der Waals surface area contributed by atoms with Gasteiger partial charge in [0.25, 0.3) is 0 Å². The number of aromatic nitrogens is 2. The number of rotatable bonds is 3. The molecule has 3 N–H and O–H groups in total. The maximum Gasteiger partial charge on any atom is 0.192 e. The summed E-state index contributed by atoms with van der Waals surface area (Å²) in [5, 5.41) is 12.3. The Hall–Kier alpha value is -1.60. The maximum atomic E-state index is 8.63. The molecular weight excluding hydrogens is 316 g/mol. The summed E-state index contributed by atoms with van der Waals surface area (Å²) >= 11 is 4.81. The van der Waals surface area contributed by atoms with Gasteiger partial charge in [-0.2, -0.15) is 0 Å². The molecule has 7 heteroatoms. The Morgan fingerprint density at radius 1 is 1.33 bits per heavy atom. The second-order valence-electron chi connectivity index (χ2n) is 3.26. The number of oxime groups is 1. The summed E-state index contributed by atoms with van der Waals surface area (Å²) in [5.41, 5.74) is 6.17. The van der Waals surface area contributed by atoms with Crippen LogP contribution < -0.4 is 5.73 Å². The predicted octanol–water partition coefficient (Wildman–Crippen LogP) is 2.48. The van der Waals surface area contributed by atoms with E-state index < -0.39 is 0 Å². The summed E-state index contributed by atoms with van der Waals surface area (Å²) in [5.74, 6) is 0.0642. The van der Waals surface area contributed by atoms with E-state index in [0.29, 0.717) is 10.7 Å². The molecular formula is C11H9BrN4OS. The fourth-order valence-electron chi connectivity index (χ4n) is 1.26. The molecule has 0 aliphatic heterocycles. The normalized spacial score (nSPS) is 11.5. The van der Waals surface area contributed by atoms with E-state index >= 15 is 0 Å². The third kappa shape index (κ3) is 2.99. The van der Waals surface area contributed by atoms with Crippen molar-refractivity contribution in [3.8, 4) is 0 Å². The van der Waals surface area contributed by atoms with Crippen molar-refractivity contribution in [2.45, 2.75) is 10.1 Å². The molecule has 18 heavy (non-hydrogen) atoms. The molecule has 5 nitrogen and oxygen atoms in total. The van der Waals surface area contributed by atoms with Crippen LogP contribution in [0.2, 0.25) is 0 Å². The Labute approximate surface area is 116 Å². The van der Waals surface area contributed by atoms with E-state index in [4.69, 9.17) is 10.9 Å². The highest BCUT2D eigenvalue weighted by Gasteiger charge is 2.07. The first-order valence-electron chi connectivity index (χ1n) is 4.93. The molecule has 0 radical (unpaired) electrons. The standard InChI is InChI=1S/C11H9BrN4OS/c12-9-6-7(2-3-8(9)10(13)16-17)18-11-14-4-1-5-15-11/h1-6,17H,(H2,13,16). The van der Waals surface area contributed by atoms with Gasteiger partial charge in [-0.05, 0) is 52.0 Å². The smallest absolute Gasteiger partial charge is 0.192 e. The minimum Gasteiger partial charge on any atom is -0.409 e. The minimum atomic E-state index is 0.0642. The number of hydrogen-bond donors (Lipinski definition) is 2. The molecule has 1 aromatic heterocycles. The van der Waals surface area contributed by atoms with Crippen LogP contribution in [0, 0.1) is 0 Å². The van der Waals surface area contributed by atoms with Gasteiger partial charge in [0.05, 0.1) is 0 Å². The fraction of sp³-hybridized carbons (Fsp3) is 0. The minimum absolute atomic E-state index is 0.0642. The summed E-state index contributed by atoms with van der Waals surface area (Å²) in [6.07, 6.45) is 3.38. The van der Waals surface area contributed by atoms with E-state index in [1.165, 1.54) is 11.8 Å². The number of nitrogens with zero attached hydrogens (tertiary/aromatic N) is 3. The molecule has 0 bridgehead atoms. The molecule has 2 aromatic rings. The Morgan fingerprint density at radius 3 is 2.67 bits per heavy atom. The van der Waals surface area contributed by atoms with Crippen molar-refractivity contribution >= 4 is 33.5 Å². The molecule has 0 atom stereocenters. The molecule has 2 rings (SSSR count). The molecule has 92 valence electrons. The van der Waals surface area contributed by atoms with Crippen LogP contribution in [0.1, 0.15) is 5.56 Å². The average molecular weight is 325 g/mol. The summed E-state index contributed by atoms with van der Waals surface area (Å²) in [7, 11) is 0. The van der Waals surface area contributed by atoms with Gasteiger partial charge in [-0.25, -0.2) is 9.97 Å². The lowest BCUT2D eigenvalue weighted by Crippen LogP contribution is -2.13. The molecule has 0 unspecified atom stereocenters. The van der Waals surface area contributed by atoms with E-state index in [-0.39, 0.29) is 5.84 Å². The van der Waals surface area contributed by atoms with E-state index in [9.17, 15) is 0 Å². The molecule has 0 fully saturated rings. The summed E-state index contributed by atoms with van der Waals surface area (Å²) in [4.78, 5) is 9.21. The summed E-state index contributed by atoms with van der Waals surface area (Å²) in [6.45, 7) is 0. The number of hydrogen-bond acceptors (Lipinski definition) is 5. The van der Waals surface area contributed by atoms with Crippen LogP contribution in [0.4, 0.5) is 0 Å². The van der Waals surface area contributed by atoms with Gasteiger partial charge in [0.1, 0.15) is 0 Å². The van der Waals surface area contributed by atoms with Crippen molar-refractivity contribution in [1.29, 1.82) is 0 Å². The number of amidine groups is 1. The fourth-order valence-corrected chi connectivity index (χ4v) is 2.75. The monoisotopic (exact) mass is 324 g/mol. The third-order valence-electron chi connectivity index (χ3n) is 2.08. The van der Waals surface area contributed by atoms with Crippen LogP contribution in [0.3, 0.4) is 0 Å². The van der Waals surface area contributed by atoms with Crippen molar-refractivity contribution in [2.75, 3.05) is 0 Å². The van der Waals surface area contributed by atoms with Crippen molar-refractivity contribution in [3.05, 3.63) is 46.7 Å². The summed E-state index contributed by atoms with van der Waals surface area (Å²) < 4.78 is 0.749. The Morgan fingerprint density at radius 2 is 2.06 bits per heavy atom. The first kappa shape index (κ1) is 12.8. The van der Waals surface area contributed by atoms with Crippen molar-refractivity contribution < 1.29 is 5.21 Å². The van der Waals surface area contributed by atoms with Gasteiger partial charge in [-0.15, -0.1) is 0 Å². The second kappa shape index (κ2) is 5.83. The van der Waals surface area contributed by atoms with Gasteiger partial charge in [-0.3, -0.25) is 0 Å². The summed E-state index contributed by atoms with van der Waals surface area (Å²) in [6, 6.07) is 7.26.